The number of nitrogens with one attached hydrogen (secondary N) is 1. The fourth-order valence-electron chi connectivity index (χ4n) is 4.30. The number of H-pyrrole nitrogens is 1. The molecule has 1 unspecified atom stereocenters. The summed E-state index contributed by atoms with van der Waals surface area (Å²) in [6.07, 6.45) is -6.24. The first-order valence-electron chi connectivity index (χ1n) is 10.9. The third kappa shape index (κ3) is 3.86. The molecule has 6 rings (SSSR count). The second kappa shape index (κ2) is 8.15. The third-order valence-electron chi connectivity index (χ3n) is 5.96. The molecule has 0 aliphatic carbocycles. The maximum atomic E-state index is 13.6. The molecule has 0 saturated carbocycles. The summed E-state index contributed by atoms with van der Waals surface area (Å²) in [7, 11) is 0. The van der Waals surface area contributed by atoms with Gasteiger partial charge in [0.05, 0.1) is 35.0 Å². The van der Waals surface area contributed by atoms with Crippen LogP contribution in [0.4, 0.5) is 26.3 Å². The van der Waals surface area contributed by atoms with Crippen LogP contribution in [0.25, 0.3) is 17.0 Å². The van der Waals surface area contributed by atoms with Gasteiger partial charge in [0.15, 0.2) is 0 Å². The lowest BCUT2D eigenvalue weighted by molar-refractivity contribution is -0.212. The maximum Gasteiger partial charge on any atom is 0.504 e. The summed E-state index contributed by atoms with van der Waals surface area (Å²) in [6.45, 7) is 0.0857. The fourth-order valence-corrected chi connectivity index (χ4v) is 4.30. The fraction of sp³-hybridized carbons (Fsp3) is 0.238. The van der Waals surface area contributed by atoms with Gasteiger partial charge in [0.2, 0.25) is 0 Å². The number of pyridine rings is 1. The smallest absolute Gasteiger partial charge is 0.412 e. The van der Waals surface area contributed by atoms with Gasteiger partial charge >= 0.3 is 24.3 Å². The summed E-state index contributed by atoms with van der Waals surface area (Å²) < 4.78 is 85.1. The van der Waals surface area contributed by atoms with E-state index >= 15 is 0 Å². The molecule has 5 aromatic rings. The van der Waals surface area contributed by atoms with Gasteiger partial charge in [0.1, 0.15) is 11.7 Å². The Balaban J connectivity index is 1.38. The highest BCUT2D eigenvalue weighted by molar-refractivity contribution is 5.90. The Morgan fingerprint density at radius 3 is 2.68 bits per heavy atom. The van der Waals surface area contributed by atoms with Crippen LogP contribution >= 0.6 is 0 Å². The second-order valence-electron chi connectivity index (χ2n) is 8.29. The number of hydrogen-bond donors (Lipinski definition) is 1. The molecule has 1 atom stereocenters. The van der Waals surface area contributed by atoms with E-state index in [-0.39, 0.29) is 33.9 Å². The van der Waals surface area contributed by atoms with Crippen molar-refractivity contribution < 1.29 is 35.6 Å². The minimum Gasteiger partial charge on any atom is -0.412 e. The molecule has 5 aromatic heterocycles. The van der Waals surface area contributed by atoms with Gasteiger partial charge < -0.3 is 14.3 Å². The Bertz CT molecular complexity index is 1660. The predicted molar refractivity (Wildman–Crippen MR) is 112 cm³/mol. The number of carbonyl (C=O) groups excluding carboxylic acids is 1. The minimum atomic E-state index is -4.76. The van der Waals surface area contributed by atoms with Crippen molar-refractivity contribution in [1.29, 1.82) is 0 Å². The molecule has 17 heteroatoms. The van der Waals surface area contributed by atoms with Gasteiger partial charge in [0, 0.05) is 24.9 Å². The van der Waals surface area contributed by atoms with Crippen molar-refractivity contribution in [1.82, 2.24) is 44.5 Å². The summed E-state index contributed by atoms with van der Waals surface area (Å²) in [5, 5.41) is 14.7. The van der Waals surface area contributed by atoms with Crippen LogP contribution in [0.5, 0.6) is 0 Å². The van der Waals surface area contributed by atoms with Crippen LogP contribution in [0.15, 0.2) is 47.4 Å². The number of alkyl halides is 6. The molecule has 0 fully saturated rings. The molecule has 1 aliphatic rings. The summed E-state index contributed by atoms with van der Waals surface area (Å²) in [6, 6.07) is 3.97. The highest BCUT2D eigenvalue weighted by Gasteiger charge is 2.40. The topological polar surface area (TPSA) is 123 Å². The van der Waals surface area contributed by atoms with Gasteiger partial charge in [-0.3, -0.25) is 4.79 Å². The molecule has 0 aromatic carbocycles. The van der Waals surface area contributed by atoms with E-state index in [2.05, 4.69) is 30.4 Å². The van der Waals surface area contributed by atoms with Crippen LogP contribution in [0.3, 0.4) is 0 Å². The van der Waals surface area contributed by atoms with E-state index < -0.39 is 36.0 Å². The van der Waals surface area contributed by atoms with Crippen molar-refractivity contribution in [3.8, 4) is 11.5 Å². The van der Waals surface area contributed by atoms with Gasteiger partial charge in [-0.25, -0.2) is 9.50 Å². The standard InChI is InChI=1S/C21H13F6N9O2/c22-20(23,24)14-3-1-2-11-6-13(33-36(11)14)16-15-12(28-9-29-15)4-5-34(16)19(37)18-32-31-17(38-18)10-7-30-35(8-10)21(25,26)27/h1-3,6-9,16H,4-5H2,(H,28,29). The van der Waals surface area contributed by atoms with E-state index in [4.69, 9.17) is 4.42 Å². The van der Waals surface area contributed by atoms with Gasteiger partial charge in [-0.2, -0.15) is 28.1 Å². The summed E-state index contributed by atoms with van der Waals surface area (Å²) in [5.74, 6) is -1.72. The highest BCUT2D eigenvalue weighted by Crippen LogP contribution is 2.36. The molecule has 6 heterocycles. The van der Waals surface area contributed by atoms with E-state index in [0.717, 1.165) is 16.8 Å². The number of rotatable bonds is 3. The zero-order valence-electron chi connectivity index (χ0n) is 18.7. The van der Waals surface area contributed by atoms with Gasteiger partial charge in [0.25, 0.3) is 5.89 Å². The van der Waals surface area contributed by atoms with Crippen LogP contribution < -0.4 is 0 Å². The Labute approximate surface area is 206 Å². The van der Waals surface area contributed by atoms with Crippen LogP contribution in [0, 0.1) is 0 Å². The quantitative estimate of drug-likeness (QED) is 0.349. The Kier molecular flexibility index (Phi) is 5.08. The summed E-state index contributed by atoms with van der Waals surface area (Å²) in [5.41, 5.74) is 0.114. The number of aromatic nitrogens is 8. The van der Waals surface area contributed by atoms with E-state index in [1.165, 1.54) is 29.4 Å². The number of aromatic amines is 1. The van der Waals surface area contributed by atoms with E-state index in [9.17, 15) is 31.1 Å². The lowest BCUT2D eigenvalue weighted by Gasteiger charge is -2.32. The van der Waals surface area contributed by atoms with Gasteiger partial charge in [-0.1, -0.05) is 6.07 Å². The zero-order valence-corrected chi connectivity index (χ0v) is 18.7. The lowest BCUT2D eigenvalue weighted by Crippen LogP contribution is -2.41. The third-order valence-corrected chi connectivity index (χ3v) is 5.96. The maximum absolute atomic E-state index is 13.6. The van der Waals surface area contributed by atoms with Crippen LogP contribution in [0.2, 0.25) is 0 Å². The van der Waals surface area contributed by atoms with E-state index in [1.54, 1.807) is 0 Å². The molecule has 196 valence electrons. The number of hydrogen-bond acceptors (Lipinski definition) is 7. The average Bonchev–Trinajstić information content (AvgIpc) is 3.65. The SMILES string of the molecule is O=C(c1nnc(-c2cnn(C(F)(F)F)c2)o1)N1CCc2[nH]cnc2C1c1cc2cccc(C(F)(F)F)n2n1. The van der Waals surface area contributed by atoms with Crippen molar-refractivity contribution in [3.05, 3.63) is 71.7 Å². The molecule has 1 amide bonds. The number of halogens is 6. The van der Waals surface area contributed by atoms with Crippen molar-refractivity contribution in [3.63, 3.8) is 0 Å². The Hall–Kier alpha value is -4.70. The van der Waals surface area contributed by atoms with Crippen LogP contribution in [-0.4, -0.2) is 56.9 Å². The molecule has 0 spiro atoms. The van der Waals surface area contributed by atoms with Crippen molar-refractivity contribution >= 4 is 11.4 Å². The van der Waals surface area contributed by atoms with Gasteiger partial charge in [-0.05, 0) is 18.2 Å². The lowest BCUT2D eigenvalue weighted by atomic mass is 9.99. The van der Waals surface area contributed by atoms with E-state index in [0.29, 0.717) is 24.0 Å². The minimum absolute atomic E-state index is 0.0857. The molecular weight excluding hydrogens is 524 g/mol. The first-order valence-corrected chi connectivity index (χ1v) is 10.9. The number of amides is 1. The van der Waals surface area contributed by atoms with Crippen molar-refractivity contribution in [2.45, 2.75) is 24.9 Å². The summed E-state index contributed by atoms with van der Waals surface area (Å²) in [4.78, 5) is 21.9. The normalized spacial score (nSPS) is 16.3. The first kappa shape index (κ1) is 23.7. The number of carbonyl (C=O) groups is 1. The largest absolute Gasteiger partial charge is 0.504 e. The molecule has 0 saturated heterocycles. The molecule has 38 heavy (non-hydrogen) atoms. The van der Waals surface area contributed by atoms with Crippen LogP contribution in [0.1, 0.15) is 39.5 Å². The molecule has 1 aliphatic heterocycles. The number of imidazole rings is 1. The second-order valence-corrected chi connectivity index (χ2v) is 8.29. The Morgan fingerprint density at radius 2 is 1.95 bits per heavy atom. The number of fused-ring (bicyclic) bond motifs is 2. The highest BCUT2D eigenvalue weighted by atomic mass is 19.4. The van der Waals surface area contributed by atoms with E-state index in [1.807, 2.05) is 0 Å². The molecule has 11 nitrogen and oxygen atoms in total. The first-order chi connectivity index (χ1) is 18.0. The molecule has 0 bridgehead atoms. The molecular formula is C21H13F6N9O2. The zero-order chi connectivity index (χ0) is 26.8. The van der Waals surface area contributed by atoms with Crippen LogP contribution in [-0.2, 0) is 18.9 Å². The molecule has 0 radical (unpaired) electrons. The average molecular weight is 537 g/mol. The van der Waals surface area contributed by atoms with Crippen molar-refractivity contribution in [2.75, 3.05) is 6.54 Å². The molecule has 1 N–H and O–H groups in total. The number of nitrogens with zero attached hydrogens (tertiary/aromatic N) is 8. The summed E-state index contributed by atoms with van der Waals surface area (Å²) >= 11 is 0. The van der Waals surface area contributed by atoms with Crippen molar-refractivity contribution in [2.24, 2.45) is 0 Å². The monoisotopic (exact) mass is 537 g/mol. The predicted octanol–water partition coefficient (Wildman–Crippen LogP) is 3.59. The van der Waals surface area contributed by atoms with Gasteiger partial charge in [-0.15, -0.1) is 23.4 Å². The Morgan fingerprint density at radius 1 is 1.13 bits per heavy atom.